The Labute approximate surface area is 170 Å². The van der Waals surface area contributed by atoms with Crippen molar-refractivity contribution in [2.24, 2.45) is 17.8 Å². The number of carbonyl (C=O) groups is 1. The molecule has 3 rings (SSSR count). The first-order valence-electron chi connectivity index (χ1n) is 9.46. The van der Waals surface area contributed by atoms with Crippen LogP contribution >= 0.6 is 22.9 Å². The molecule has 0 bridgehead atoms. The summed E-state index contributed by atoms with van der Waals surface area (Å²) >= 11 is 8.19. The van der Waals surface area contributed by atoms with Crippen LogP contribution in [0.4, 0.5) is 0 Å². The smallest absolute Gasteiger partial charge is 0.348 e. The van der Waals surface area contributed by atoms with Gasteiger partial charge in [-0.05, 0) is 61.8 Å². The van der Waals surface area contributed by atoms with E-state index in [1.54, 1.807) is 0 Å². The number of benzene rings is 1. The molecule has 1 aromatic carbocycles. The SMILES string of the molecule is COC(=O)c1ccc(CCC[C@@H]2[C@@H](C#Cc3ccccc3)[C@H](C)C[C@H]2Cl)s1. The number of hydrogen-bond donors (Lipinski definition) is 0. The van der Waals surface area contributed by atoms with Crippen molar-refractivity contribution in [1.29, 1.82) is 0 Å². The van der Waals surface area contributed by atoms with Crippen LogP contribution in [-0.4, -0.2) is 18.5 Å². The number of methoxy groups -OCH3 is 1. The molecule has 4 atom stereocenters. The van der Waals surface area contributed by atoms with E-state index in [-0.39, 0.29) is 11.3 Å². The van der Waals surface area contributed by atoms with Gasteiger partial charge >= 0.3 is 5.97 Å². The Balaban J connectivity index is 1.59. The van der Waals surface area contributed by atoms with Crippen LogP contribution in [0.5, 0.6) is 0 Å². The van der Waals surface area contributed by atoms with E-state index in [9.17, 15) is 4.79 Å². The minimum absolute atomic E-state index is 0.198. The number of ether oxygens (including phenoxy) is 1. The summed E-state index contributed by atoms with van der Waals surface area (Å²) < 4.78 is 4.78. The summed E-state index contributed by atoms with van der Waals surface area (Å²) in [6.07, 6.45) is 4.13. The van der Waals surface area contributed by atoms with E-state index >= 15 is 0 Å². The largest absolute Gasteiger partial charge is 0.465 e. The number of alkyl halides is 1. The Bertz CT molecular complexity index is 818. The highest BCUT2D eigenvalue weighted by molar-refractivity contribution is 7.13. The van der Waals surface area contributed by atoms with E-state index < -0.39 is 0 Å². The molecule has 2 aromatic rings. The van der Waals surface area contributed by atoms with Crippen molar-refractivity contribution in [2.45, 2.75) is 38.0 Å². The summed E-state index contributed by atoms with van der Waals surface area (Å²) in [7, 11) is 1.42. The molecule has 1 aliphatic carbocycles. The lowest BCUT2D eigenvalue weighted by Gasteiger charge is -2.19. The first-order valence-corrected chi connectivity index (χ1v) is 10.7. The first-order chi connectivity index (χ1) is 13.1. The average Bonchev–Trinajstić information content (AvgIpc) is 3.25. The third-order valence-corrected chi connectivity index (χ3v) is 6.93. The van der Waals surface area contributed by atoms with Gasteiger partial charge in [-0.2, -0.15) is 0 Å². The molecule has 0 N–H and O–H groups in total. The fraction of sp³-hybridized carbons (Fsp3) is 0.435. The van der Waals surface area contributed by atoms with Crippen molar-refractivity contribution in [3.05, 3.63) is 57.8 Å². The van der Waals surface area contributed by atoms with Crippen LogP contribution in [0, 0.1) is 29.6 Å². The van der Waals surface area contributed by atoms with E-state index in [1.165, 1.54) is 23.3 Å². The second-order valence-electron chi connectivity index (χ2n) is 7.20. The number of thiophene rings is 1. The molecule has 1 heterocycles. The second kappa shape index (κ2) is 9.44. The zero-order chi connectivity index (χ0) is 19.2. The van der Waals surface area contributed by atoms with Gasteiger partial charge in [-0.3, -0.25) is 0 Å². The molecule has 1 saturated carbocycles. The third kappa shape index (κ3) is 5.15. The van der Waals surface area contributed by atoms with Crippen molar-refractivity contribution < 1.29 is 9.53 Å². The van der Waals surface area contributed by atoms with Crippen molar-refractivity contribution >= 4 is 28.9 Å². The fourth-order valence-corrected chi connectivity index (χ4v) is 5.39. The molecule has 4 heteroatoms. The van der Waals surface area contributed by atoms with Gasteiger partial charge in [0.25, 0.3) is 0 Å². The number of esters is 1. The van der Waals surface area contributed by atoms with Crippen LogP contribution in [0.2, 0.25) is 0 Å². The highest BCUT2D eigenvalue weighted by atomic mass is 35.5. The zero-order valence-corrected chi connectivity index (χ0v) is 17.4. The van der Waals surface area contributed by atoms with Gasteiger partial charge in [0, 0.05) is 21.7 Å². The molecule has 27 heavy (non-hydrogen) atoms. The maximum atomic E-state index is 11.6. The molecular weight excluding hydrogens is 376 g/mol. The summed E-state index contributed by atoms with van der Waals surface area (Å²) in [5, 5.41) is 0.198. The van der Waals surface area contributed by atoms with Crippen molar-refractivity contribution in [3.63, 3.8) is 0 Å². The van der Waals surface area contributed by atoms with Crippen LogP contribution in [0.15, 0.2) is 42.5 Å². The van der Waals surface area contributed by atoms with Crippen LogP contribution < -0.4 is 0 Å². The molecule has 0 spiro atoms. The number of rotatable bonds is 5. The minimum Gasteiger partial charge on any atom is -0.465 e. The van der Waals surface area contributed by atoms with Crippen molar-refractivity contribution in [3.8, 4) is 11.8 Å². The van der Waals surface area contributed by atoms with Gasteiger partial charge in [-0.1, -0.05) is 37.0 Å². The minimum atomic E-state index is -0.257. The predicted octanol–water partition coefficient (Wildman–Crippen LogP) is 5.79. The Morgan fingerprint density at radius 2 is 2.04 bits per heavy atom. The normalized spacial score (nSPS) is 24.3. The van der Waals surface area contributed by atoms with E-state index in [1.807, 2.05) is 30.3 Å². The maximum Gasteiger partial charge on any atom is 0.348 e. The van der Waals surface area contributed by atoms with Crippen LogP contribution in [0.1, 0.15) is 46.3 Å². The van der Waals surface area contributed by atoms with Gasteiger partial charge in [0.2, 0.25) is 0 Å². The van der Waals surface area contributed by atoms with Crippen LogP contribution in [0.25, 0.3) is 0 Å². The molecule has 2 nitrogen and oxygen atoms in total. The van der Waals surface area contributed by atoms with Crippen molar-refractivity contribution in [2.75, 3.05) is 7.11 Å². The molecular formula is C23H25ClO2S. The summed E-state index contributed by atoms with van der Waals surface area (Å²) in [6.45, 7) is 2.27. The van der Waals surface area contributed by atoms with Crippen LogP contribution in [-0.2, 0) is 11.2 Å². The van der Waals surface area contributed by atoms with Crippen molar-refractivity contribution in [1.82, 2.24) is 0 Å². The predicted molar refractivity (Wildman–Crippen MR) is 112 cm³/mol. The lowest BCUT2D eigenvalue weighted by atomic mass is 9.87. The van der Waals surface area contributed by atoms with E-state index in [4.69, 9.17) is 16.3 Å². The second-order valence-corrected chi connectivity index (χ2v) is 8.93. The summed E-state index contributed by atoms with van der Waals surface area (Å²) in [5.74, 6) is 7.90. The van der Waals surface area contributed by atoms with E-state index in [0.717, 1.165) is 31.2 Å². The molecule has 0 aliphatic heterocycles. The molecule has 0 saturated heterocycles. The summed E-state index contributed by atoms with van der Waals surface area (Å²) in [4.78, 5) is 13.5. The number of aryl methyl sites for hydroxylation is 1. The Morgan fingerprint density at radius 1 is 1.26 bits per heavy atom. The van der Waals surface area contributed by atoms with Gasteiger partial charge in [-0.25, -0.2) is 4.79 Å². The fourth-order valence-electron chi connectivity index (χ4n) is 3.86. The molecule has 1 aromatic heterocycles. The Morgan fingerprint density at radius 3 is 2.78 bits per heavy atom. The first kappa shape index (κ1) is 20.0. The highest BCUT2D eigenvalue weighted by Gasteiger charge is 2.38. The quantitative estimate of drug-likeness (QED) is 0.360. The molecule has 142 valence electrons. The Hall–Kier alpha value is -1.76. The number of hydrogen-bond acceptors (Lipinski definition) is 3. The van der Waals surface area contributed by atoms with Gasteiger partial charge in [0.1, 0.15) is 4.88 Å². The zero-order valence-electron chi connectivity index (χ0n) is 15.8. The highest BCUT2D eigenvalue weighted by Crippen LogP contribution is 2.42. The third-order valence-electron chi connectivity index (χ3n) is 5.30. The topological polar surface area (TPSA) is 26.3 Å². The molecule has 0 amide bonds. The number of halogens is 1. The molecule has 1 fully saturated rings. The van der Waals surface area contributed by atoms with Gasteiger partial charge in [-0.15, -0.1) is 22.9 Å². The van der Waals surface area contributed by atoms with E-state index in [2.05, 4.69) is 30.9 Å². The molecule has 0 unspecified atom stereocenters. The van der Waals surface area contributed by atoms with Gasteiger partial charge in [0.05, 0.1) is 7.11 Å². The Kier molecular flexibility index (Phi) is 6.99. The standard InChI is InChI=1S/C23H25ClO2S/c1-16-15-21(24)20(19(16)13-11-17-7-4-3-5-8-17)10-6-9-18-12-14-22(27-18)23(25)26-2/h3-5,7-8,12,14,16,19-21H,6,9-10,15H2,1-2H3/t16-,19+,20-,21-/m1/s1. The maximum absolute atomic E-state index is 11.6. The van der Waals surface area contributed by atoms with E-state index in [0.29, 0.717) is 22.6 Å². The average molecular weight is 401 g/mol. The lowest BCUT2D eigenvalue weighted by molar-refractivity contribution is 0.0606. The number of carbonyl (C=O) groups excluding carboxylic acids is 1. The van der Waals surface area contributed by atoms with Crippen LogP contribution in [0.3, 0.4) is 0 Å². The molecule has 1 aliphatic rings. The molecule has 0 radical (unpaired) electrons. The summed E-state index contributed by atoms with van der Waals surface area (Å²) in [6, 6.07) is 14.0. The van der Waals surface area contributed by atoms with Gasteiger partial charge in [0.15, 0.2) is 0 Å². The monoisotopic (exact) mass is 400 g/mol. The van der Waals surface area contributed by atoms with Gasteiger partial charge < -0.3 is 4.74 Å². The lowest BCUT2D eigenvalue weighted by Crippen LogP contribution is -2.16. The summed E-state index contributed by atoms with van der Waals surface area (Å²) in [5.41, 5.74) is 1.07.